The van der Waals surface area contributed by atoms with Gasteiger partial charge in [-0.2, -0.15) is 0 Å². The van der Waals surface area contributed by atoms with Crippen molar-refractivity contribution in [3.05, 3.63) is 0 Å². The number of carbonyl (C=O) groups is 2. The lowest BCUT2D eigenvalue weighted by molar-refractivity contribution is -0.126. The molecule has 0 aliphatic carbocycles. The van der Waals surface area contributed by atoms with Gasteiger partial charge in [0.25, 0.3) is 5.91 Å². The minimum atomic E-state index is -0.579. The summed E-state index contributed by atoms with van der Waals surface area (Å²) in [7, 11) is 0. The summed E-state index contributed by atoms with van der Waals surface area (Å²) in [5.74, 6) is -0.540. The number of nitrogens with two attached hydrogens (primary N) is 1. The van der Waals surface area contributed by atoms with Crippen LogP contribution in [0.15, 0.2) is 4.99 Å². The molecule has 5 heteroatoms. The molecular formula is C10H19N3O2. The Bertz CT molecular complexity index is 229. The van der Waals surface area contributed by atoms with E-state index < -0.39 is 11.9 Å². The van der Waals surface area contributed by atoms with Gasteiger partial charge in [-0.25, -0.2) is 4.99 Å². The quantitative estimate of drug-likeness (QED) is 0.469. The largest absolute Gasteiger partial charge is 0.345 e. The molecule has 0 aliphatic rings. The Morgan fingerprint density at radius 1 is 1.40 bits per heavy atom. The zero-order valence-electron chi connectivity index (χ0n) is 9.16. The van der Waals surface area contributed by atoms with Gasteiger partial charge in [-0.05, 0) is 33.0 Å². The highest BCUT2D eigenvalue weighted by Gasteiger charge is 2.12. The van der Waals surface area contributed by atoms with Crippen LogP contribution in [0.1, 0.15) is 32.6 Å². The van der Waals surface area contributed by atoms with E-state index in [0.29, 0.717) is 13.0 Å². The Kier molecular flexibility index (Phi) is 7.44. The Balaban J connectivity index is 3.64. The van der Waals surface area contributed by atoms with Crippen molar-refractivity contribution in [1.29, 1.82) is 0 Å². The van der Waals surface area contributed by atoms with E-state index in [-0.39, 0.29) is 5.91 Å². The second-order valence-corrected chi connectivity index (χ2v) is 3.38. The molecule has 3 N–H and O–H groups in total. The lowest BCUT2D eigenvalue weighted by atomic mass is 10.2. The molecule has 0 bridgehead atoms. The summed E-state index contributed by atoms with van der Waals surface area (Å²) in [6, 6.07) is -0.579. The van der Waals surface area contributed by atoms with Gasteiger partial charge in [0.05, 0.1) is 0 Å². The molecule has 0 aliphatic heterocycles. The van der Waals surface area contributed by atoms with Gasteiger partial charge in [0.15, 0.2) is 0 Å². The van der Waals surface area contributed by atoms with Gasteiger partial charge in [-0.1, -0.05) is 6.42 Å². The number of amides is 2. The first kappa shape index (κ1) is 13.8. The Hall–Kier alpha value is -1.23. The van der Waals surface area contributed by atoms with Crippen LogP contribution in [-0.4, -0.2) is 31.1 Å². The maximum absolute atomic E-state index is 11.3. The molecule has 0 saturated heterocycles. The lowest BCUT2D eigenvalue weighted by Gasteiger charge is -2.09. The first-order valence-electron chi connectivity index (χ1n) is 5.11. The van der Waals surface area contributed by atoms with Crippen molar-refractivity contribution in [2.45, 2.75) is 38.6 Å². The van der Waals surface area contributed by atoms with E-state index in [0.717, 1.165) is 19.3 Å². The van der Waals surface area contributed by atoms with Crippen molar-refractivity contribution in [2.24, 2.45) is 10.7 Å². The number of unbranched alkanes of at least 4 members (excludes halogenated alkanes) is 2. The smallest absolute Gasteiger partial charge is 0.267 e. The van der Waals surface area contributed by atoms with E-state index >= 15 is 0 Å². The van der Waals surface area contributed by atoms with Gasteiger partial charge >= 0.3 is 0 Å². The SMILES string of the molecule is C=NC(=O)[C@H](C)NC(=O)CCCCCN. The van der Waals surface area contributed by atoms with Crippen molar-refractivity contribution in [3.8, 4) is 0 Å². The average Bonchev–Trinajstić information content (AvgIpc) is 2.23. The van der Waals surface area contributed by atoms with Gasteiger partial charge in [-0.3, -0.25) is 9.59 Å². The van der Waals surface area contributed by atoms with Crippen LogP contribution in [0.4, 0.5) is 0 Å². The van der Waals surface area contributed by atoms with Crippen molar-refractivity contribution >= 4 is 18.5 Å². The van der Waals surface area contributed by atoms with Crippen molar-refractivity contribution in [1.82, 2.24) is 5.32 Å². The number of hydrogen-bond donors (Lipinski definition) is 2. The van der Waals surface area contributed by atoms with Crippen LogP contribution < -0.4 is 11.1 Å². The lowest BCUT2D eigenvalue weighted by Crippen LogP contribution is -2.37. The molecule has 0 rings (SSSR count). The van der Waals surface area contributed by atoms with E-state index in [1.54, 1.807) is 6.92 Å². The van der Waals surface area contributed by atoms with Crippen LogP contribution >= 0.6 is 0 Å². The van der Waals surface area contributed by atoms with Crippen LogP contribution in [0.25, 0.3) is 0 Å². The summed E-state index contributed by atoms with van der Waals surface area (Å²) in [6.45, 7) is 5.35. The van der Waals surface area contributed by atoms with Crippen LogP contribution in [0, 0.1) is 0 Å². The molecule has 0 radical (unpaired) electrons. The Morgan fingerprint density at radius 2 is 2.07 bits per heavy atom. The minimum Gasteiger partial charge on any atom is -0.345 e. The molecule has 15 heavy (non-hydrogen) atoms. The second-order valence-electron chi connectivity index (χ2n) is 3.38. The topological polar surface area (TPSA) is 84.5 Å². The molecule has 0 unspecified atom stereocenters. The highest BCUT2D eigenvalue weighted by Crippen LogP contribution is 1.99. The zero-order valence-corrected chi connectivity index (χ0v) is 9.16. The van der Waals surface area contributed by atoms with Crippen molar-refractivity contribution in [3.63, 3.8) is 0 Å². The van der Waals surface area contributed by atoms with E-state index in [1.807, 2.05) is 0 Å². The van der Waals surface area contributed by atoms with Gasteiger partial charge in [0.1, 0.15) is 6.04 Å². The molecule has 0 spiro atoms. The fraction of sp³-hybridized carbons (Fsp3) is 0.700. The monoisotopic (exact) mass is 213 g/mol. The number of aliphatic imine (C=N–C) groups is 1. The summed E-state index contributed by atoms with van der Waals surface area (Å²) in [5.41, 5.74) is 5.32. The van der Waals surface area contributed by atoms with Crippen molar-refractivity contribution < 1.29 is 9.59 Å². The van der Waals surface area contributed by atoms with Crippen LogP contribution in [0.5, 0.6) is 0 Å². The number of carbonyl (C=O) groups excluding carboxylic acids is 2. The minimum absolute atomic E-state index is 0.128. The summed E-state index contributed by atoms with van der Waals surface area (Å²) in [5, 5.41) is 2.55. The van der Waals surface area contributed by atoms with E-state index in [2.05, 4.69) is 17.0 Å². The molecule has 0 heterocycles. The third-order valence-corrected chi connectivity index (χ3v) is 2.01. The molecular weight excluding hydrogens is 194 g/mol. The third-order valence-electron chi connectivity index (χ3n) is 2.01. The molecule has 86 valence electrons. The predicted molar refractivity (Wildman–Crippen MR) is 59.7 cm³/mol. The van der Waals surface area contributed by atoms with Gasteiger partial charge < -0.3 is 11.1 Å². The average molecular weight is 213 g/mol. The van der Waals surface area contributed by atoms with Gasteiger partial charge in [-0.15, -0.1) is 0 Å². The third kappa shape index (κ3) is 6.79. The predicted octanol–water partition coefficient (Wildman–Crippen LogP) is 0.237. The van der Waals surface area contributed by atoms with E-state index in [1.165, 1.54) is 0 Å². The standard InChI is InChI=1S/C10H19N3O2/c1-8(10(15)12-2)13-9(14)6-4-3-5-7-11/h8H,2-7,11H2,1H3,(H,13,14)/t8-/m0/s1. The summed E-state index contributed by atoms with van der Waals surface area (Å²) >= 11 is 0. The number of rotatable bonds is 7. The van der Waals surface area contributed by atoms with Gasteiger partial charge in [0, 0.05) is 6.42 Å². The molecule has 2 amide bonds. The molecule has 1 atom stereocenters. The Labute approximate surface area is 90.1 Å². The zero-order chi connectivity index (χ0) is 11.7. The van der Waals surface area contributed by atoms with Crippen LogP contribution in [0.3, 0.4) is 0 Å². The van der Waals surface area contributed by atoms with Gasteiger partial charge in [0.2, 0.25) is 5.91 Å². The summed E-state index contributed by atoms with van der Waals surface area (Å²) < 4.78 is 0. The molecule has 5 nitrogen and oxygen atoms in total. The molecule has 0 fully saturated rings. The Morgan fingerprint density at radius 3 is 2.60 bits per heavy atom. The number of nitrogens with one attached hydrogen (secondary N) is 1. The molecule has 0 aromatic rings. The number of nitrogens with zero attached hydrogens (tertiary/aromatic N) is 1. The first-order chi connectivity index (χ1) is 7.11. The number of hydrogen-bond acceptors (Lipinski definition) is 3. The maximum Gasteiger partial charge on any atom is 0.267 e. The summed E-state index contributed by atoms with van der Waals surface area (Å²) in [6.07, 6.45) is 3.09. The summed E-state index contributed by atoms with van der Waals surface area (Å²) in [4.78, 5) is 25.5. The van der Waals surface area contributed by atoms with E-state index in [4.69, 9.17) is 5.73 Å². The molecule has 0 saturated carbocycles. The van der Waals surface area contributed by atoms with Crippen LogP contribution in [0.2, 0.25) is 0 Å². The van der Waals surface area contributed by atoms with Crippen LogP contribution in [-0.2, 0) is 9.59 Å². The highest BCUT2D eigenvalue weighted by atomic mass is 16.2. The highest BCUT2D eigenvalue weighted by molar-refractivity contribution is 5.89. The van der Waals surface area contributed by atoms with E-state index in [9.17, 15) is 9.59 Å². The second kappa shape index (κ2) is 8.11. The normalized spacial score (nSPS) is 11.9. The fourth-order valence-corrected chi connectivity index (χ4v) is 1.12. The maximum atomic E-state index is 11.3. The molecule has 0 aromatic heterocycles. The molecule has 0 aromatic carbocycles. The fourth-order valence-electron chi connectivity index (χ4n) is 1.12. The van der Waals surface area contributed by atoms with Crippen molar-refractivity contribution in [2.75, 3.05) is 6.54 Å². The first-order valence-corrected chi connectivity index (χ1v) is 5.11.